The number of rotatable bonds is 5. The Morgan fingerprint density at radius 3 is 1.61 bits per heavy atom. The van der Waals surface area contributed by atoms with Gasteiger partial charge in [0.05, 0.1) is 11.1 Å². The Morgan fingerprint density at radius 1 is 0.614 bits per heavy atom. The smallest absolute Gasteiger partial charge is 0.199 e. The highest BCUT2D eigenvalue weighted by molar-refractivity contribution is 7.16. The van der Waals surface area contributed by atoms with E-state index in [-0.39, 0.29) is 28.0 Å². The maximum absolute atomic E-state index is 12.8. The van der Waals surface area contributed by atoms with Crippen LogP contribution in [0.25, 0.3) is 16.5 Å². The fraction of sp³-hybridized carbons (Fsp3) is 0.205. The molecule has 0 amide bonds. The van der Waals surface area contributed by atoms with Crippen LogP contribution < -0.4 is 4.90 Å². The van der Waals surface area contributed by atoms with Crippen molar-refractivity contribution in [1.29, 1.82) is 0 Å². The Hall–Kier alpha value is -4.61. The first-order valence-corrected chi connectivity index (χ1v) is 15.7. The van der Waals surface area contributed by atoms with Crippen molar-refractivity contribution in [3.05, 3.63) is 136 Å². The Morgan fingerprint density at radius 2 is 1.11 bits per heavy atom. The highest BCUT2D eigenvalue weighted by atomic mass is 32.1. The molecule has 220 valence electrons. The van der Waals surface area contributed by atoms with Crippen LogP contribution >= 0.6 is 11.3 Å². The topological polar surface area (TPSA) is 50.3 Å². The average Bonchev–Trinajstić information content (AvgIpc) is 3.56. The molecule has 0 saturated carbocycles. The molecule has 5 heteroatoms. The molecule has 5 aromatic rings. The first kappa shape index (κ1) is 29.5. The monoisotopic (exact) mass is 596 g/mol. The second-order valence-electron chi connectivity index (χ2n) is 13.3. The lowest BCUT2D eigenvalue weighted by molar-refractivity contribution is 0.0990. The van der Waals surface area contributed by atoms with E-state index < -0.39 is 0 Å². The number of thiophene rings is 1. The molecule has 0 spiro atoms. The van der Waals surface area contributed by atoms with E-state index in [1.807, 2.05) is 12.1 Å². The normalized spacial score (nSPS) is 14.3. The van der Waals surface area contributed by atoms with Gasteiger partial charge in [-0.1, -0.05) is 77.9 Å². The van der Waals surface area contributed by atoms with Gasteiger partial charge in [-0.05, 0) is 88.2 Å². The van der Waals surface area contributed by atoms with Crippen LogP contribution in [0.5, 0.6) is 0 Å². The van der Waals surface area contributed by atoms with Crippen molar-refractivity contribution in [2.24, 2.45) is 0 Å². The molecule has 0 aliphatic heterocycles. The first-order valence-electron chi connectivity index (χ1n) is 14.9. The molecule has 0 unspecified atom stereocenters. The number of hydrogen-bond donors (Lipinski definition) is 0. The highest BCUT2D eigenvalue weighted by Crippen LogP contribution is 2.39. The number of carbonyl (C=O) groups is 2. The Balaban J connectivity index is 1.31. The van der Waals surface area contributed by atoms with E-state index in [4.69, 9.17) is 0 Å². The lowest BCUT2D eigenvalue weighted by Crippen LogP contribution is -2.14. The molecule has 0 saturated heterocycles. The number of ketones is 2. The Kier molecular flexibility index (Phi) is 7.46. The van der Waals surface area contributed by atoms with Crippen LogP contribution in [0, 0.1) is 0 Å². The molecule has 4 nitrogen and oxygen atoms in total. The van der Waals surface area contributed by atoms with Gasteiger partial charge in [0.15, 0.2) is 11.6 Å². The van der Waals surface area contributed by atoms with Crippen LogP contribution in [0.4, 0.5) is 17.1 Å². The fourth-order valence-corrected chi connectivity index (χ4v) is 6.43. The predicted octanol–water partition coefficient (Wildman–Crippen LogP) is 10.3. The van der Waals surface area contributed by atoms with Crippen LogP contribution in [0.15, 0.2) is 109 Å². The van der Waals surface area contributed by atoms with Gasteiger partial charge >= 0.3 is 0 Å². The van der Waals surface area contributed by atoms with Gasteiger partial charge in [0.25, 0.3) is 0 Å². The zero-order chi connectivity index (χ0) is 31.2. The molecular formula is C39H36N2O2S. The second-order valence-corrected chi connectivity index (χ2v) is 14.4. The van der Waals surface area contributed by atoms with Gasteiger partial charge in [-0.2, -0.15) is 0 Å². The van der Waals surface area contributed by atoms with E-state index in [0.717, 1.165) is 32.4 Å². The van der Waals surface area contributed by atoms with Crippen molar-refractivity contribution >= 4 is 46.0 Å². The van der Waals surface area contributed by atoms with Crippen molar-refractivity contribution in [2.75, 3.05) is 4.90 Å². The maximum Gasteiger partial charge on any atom is 0.199 e. The molecule has 0 fully saturated rings. The van der Waals surface area contributed by atoms with Crippen molar-refractivity contribution in [3.63, 3.8) is 0 Å². The minimum atomic E-state index is -0.261. The second kappa shape index (κ2) is 11.1. The van der Waals surface area contributed by atoms with Crippen molar-refractivity contribution in [1.82, 2.24) is 4.98 Å². The van der Waals surface area contributed by atoms with Gasteiger partial charge in [0.2, 0.25) is 0 Å². The molecule has 0 N–H and O–H groups in total. The third kappa shape index (κ3) is 5.68. The fourth-order valence-electron chi connectivity index (χ4n) is 5.47. The van der Waals surface area contributed by atoms with Gasteiger partial charge in [-0.3, -0.25) is 14.6 Å². The summed E-state index contributed by atoms with van der Waals surface area (Å²) in [5.41, 5.74) is 8.08. The van der Waals surface area contributed by atoms with E-state index >= 15 is 0 Å². The number of aromatic nitrogens is 1. The molecule has 6 rings (SSSR count). The average molecular weight is 597 g/mol. The summed E-state index contributed by atoms with van der Waals surface area (Å²) < 4.78 is 0. The first-order chi connectivity index (χ1) is 20.9. The van der Waals surface area contributed by atoms with Gasteiger partial charge in [0.1, 0.15) is 0 Å². The minimum Gasteiger partial charge on any atom is -0.311 e. The Bertz CT molecular complexity index is 1790. The van der Waals surface area contributed by atoms with Crippen LogP contribution in [0.3, 0.4) is 0 Å². The summed E-state index contributed by atoms with van der Waals surface area (Å²) in [4.78, 5) is 33.9. The highest BCUT2D eigenvalue weighted by Gasteiger charge is 2.33. The predicted molar refractivity (Wildman–Crippen MR) is 183 cm³/mol. The Labute approximate surface area is 263 Å². The summed E-state index contributed by atoms with van der Waals surface area (Å²) in [5.74, 6) is -0.499. The number of carbonyl (C=O) groups excluding carboxylic acids is 2. The molecule has 1 aliphatic carbocycles. The van der Waals surface area contributed by atoms with Gasteiger partial charge < -0.3 is 4.90 Å². The van der Waals surface area contributed by atoms with E-state index in [9.17, 15) is 9.59 Å². The molecule has 44 heavy (non-hydrogen) atoms. The van der Waals surface area contributed by atoms with E-state index in [1.165, 1.54) is 17.3 Å². The van der Waals surface area contributed by atoms with Gasteiger partial charge in [0, 0.05) is 44.8 Å². The number of benzene rings is 3. The van der Waals surface area contributed by atoms with Crippen LogP contribution in [0.1, 0.15) is 78.3 Å². The van der Waals surface area contributed by atoms with Crippen molar-refractivity contribution < 1.29 is 9.59 Å². The van der Waals surface area contributed by atoms with Crippen LogP contribution in [0.2, 0.25) is 0 Å². The summed E-state index contributed by atoms with van der Waals surface area (Å²) in [6, 6.07) is 31.8. The lowest BCUT2D eigenvalue weighted by Gasteiger charge is -2.28. The molecular weight excluding hydrogens is 561 g/mol. The number of pyridine rings is 1. The number of anilines is 3. The zero-order valence-electron chi connectivity index (χ0n) is 26.0. The maximum atomic E-state index is 12.8. The van der Waals surface area contributed by atoms with E-state index in [0.29, 0.717) is 11.1 Å². The van der Waals surface area contributed by atoms with Gasteiger partial charge in [-0.25, -0.2) is 0 Å². The zero-order valence-corrected chi connectivity index (χ0v) is 26.8. The number of hydrogen-bond acceptors (Lipinski definition) is 5. The summed E-state index contributed by atoms with van der Waals surface area (Å²) in [6.07, 6.45) is 4.72. The summed E-state index contributed by atoms with van der Waals surface area (Å²) in [6.45, 7) is 13.4. The summed E-state index contributed by atoms with van der Waals surface area (Å²) >= 11 is 1.56. The SMILES string of the molecule is CC(C)(C)c1ccc(N(c2ccc(-c3ccc(/C=C4\C(=O)c5ccncc5C4=O)s3)cc2)c2ccc(C(C)(C)C)cc2)cc1. The molecule has 2 aromatic heterocycles. The molecule has 0 radical (unpaired) electrons. The quantitative estimate of drug-likeness (QED) is 0.150. The van der Waals surface area contributed by atoms with E-state index in [1.54, 1.807) is 29.7 Å². The van der Waals surface area contributed by atoms with Gasteiger partial charge in [-0.15, -0.1) is 11.3 Å². The van der Waals surface area contributed by atoms with Crippen molar-refractivity contribution in [2.45, 2.75) is 52.4 Å². The molecule has 1 aliphatic rings. The summed E-state index contributed by atoms with van der Waals surface area (Å²) in [7, 11) is 0. The molecule has 0 bridgehead atoms. The van der Waals surface area contributed by atoms with Crippen LogP contribution in [-0.2, 0) is 10.8 Å². The van der Waals surface area contributed by atoms with E-state index in [2.05, 4.69) is 124 Å². The summed E-state index contributed by atoms with van der Waals surface area (Å²) in [5, 5.41) is 0. The number of allylic oxidation sites excluding steroid dienone is 1. The molecule has 3 aromatic carbocycles. The number of Topliss-reactive ketones (excluding diaryl/α,β-unsaturated/α-hetero) is 2. The third-order valence-electron chi connectivity index (χ3n) is 8.11. The molecule has 0 atom stereocenters. The standard InChI is InChI=1S/C39H36N2O2S/c1-38(2,3)26-9-15-29(16-10-26)41(30-17-11-27(12-18-30)39(4,5)6)28-13-7-25(8-14-28)35-20-19-31(44-35)23-33-36(42)32-21-22-40-24-34(32)37(33)43/h7-24H,1-6H3/b33-23+. The third-order valence-corrected chi connectivity index (χ3v) is 9.19. The minimum absolute atomic E-state index is 0.0778. The number of nitrogens with zero attached hydrogens (tertiary/aromatic N) is 2. The lowest BCUT2D eigenvalue weighted by atomic mass is 9.86. The molecule has 2 heterocycles. The largest absolute Gasteiger partial charge is 0.311 e. The van der Waals surface area contributed by atoms with Crippen LogP contribution in [-0.4, -0.2) is 16.6 Å². The van der Waals surface area contributed by atoms with Crippen molar-refractivity contribution in [3.8, 4) is 10.4 Å². The number of fused-ring (bicyclic) bond motifs is 1.